The van der Waals surface area contributed by atoms with E-state index < -0.39 is 0 Å². The summed E-state index contributed by atoms with van der Waals surface area (Å²) in [7, 11) is 0. The molecular formula is C26H23NO4. The van der Waals surface area contributed by atoms with Gasteiger partial charge in [-0.05, 0) is 26.0 Å². The molecule has 0 unspecified atom stereocenters. The van der Waals surface area contributed by atoms with Crippen molar-refractivity contribution in [3.05, 3.63) is 94.0 Å². The Labute approximate surface area is 181 Å². The van der Waals surface area contributed by atoms with Crippen LogP contribution >= 0.6 is 0 Å². The molecule has 0 fully saturated rings. The number of carbonyl (C=O) groups excluding carboxylic acids is 2. The first-order chi connectivity index (χ1) is 15.1. The number of rotatable bonds is 4. The van der Waals surface area contributed by atoms with Crippen LogP contribution in [0, 0.1) is 6.92 Å². The lowest BCUT2D eigenvalue weighted by molar-refractivity contribution is -0.0900. The molecule has 156 valence electrons. The summed E-state index contributed by atoms with van der Waals surface area (Å²) in [5, 5.41) is 3.53. The van der Waals surface area contributed by atoms with Crippen molar-refractivity contribution >= 4 is 17.3 Å². The van der Waals surface area contributed by atoms with Crippen LogP contribution in [0.25, 0.3) is 0 Å². The predicted molar refractivity (Wildman–Crippen MR) is 118 cm³/mol. The van der Waals surface area contributed by atoms with E-state index in [-0.39, 0.29) is 23.9 Å². The predicted octanol–water partition coefficient (Wildman–Crippen LogP) is 5.07. The molecule has 0 amide bonds. The van der Waals surface area contributed by atoms with Crippen molar-refractivity contribution < 1.29 is 19.1 Å². The summed E-state index contributed by atoms with van der Waals surface area (Å²) < 4.78 is 11.8. The Morgan fingerprint density at radius 2 is 1.71 bits per heavy atom. The quantitative estimate of drug-likeness (QED) is 0.506. The fourth-order valence-electron chi connectivity index (χ4n) is 4.43. The largest absolute Gasteiger partial charge is 0.464 e. The van der Waals surface area contributed by atoms with E-state index in [1.54, 1.807) is 30.3 Å². The second kappa shape index (κ2) is 7.67. The molecule has 0 aromatic heterocycles. The molecule has 5 nitrogen and oxygen atoms in total. The zero-order chi connectivity index (χ0) is 21.5. The van der Waals surface area contributed by atoms with Gasteiger partial charge in [0, 0.05) is 41.0 Å². The van der Waals surface area contributed by atoms with E-state index in [1.165, 1.54) is 0 Å². The van der Waals surface area contributed by atoms with Gasteiger partial charge < -0.3 is 14.8 Å². The van der Waals surface area contributed by atoms with Gasteiger partial charge in [-0.2, -0.15) is 0 Å². The van der Waals surface area contributed by atoms with Crippen LogP contribution in [-0.4, -0.2) is 24.5 Å². The van der Waals surface area contributed by atoms with Gasteiger partial charge in [-0.1, -0.05) is 54.1 Å². The highest BCUT2D eigenvalue weighted by molar-refractivity contribution is 6.30. The number of carbonyl (C=O) groups is 2. The number of benzene rings is 3. The molecule has 0 saturated carbocycles. The number of fused-ring (bicyclic) bond motifs is 3. The Morgan fingerprint density at radius 1 is 0.968 bits per heavy atom. The van der Waals surface area contributed by atoms with Gasteiger partial charge in [0.05, 0.1) is 11.6 Å². The van der Waals surface area contributed by atoms with Crippen molar-refractivity contribution in [2.45, 2.75) is 32.6 Å². The average molecular weight is 413 g/mol. The van der Waals surface area contributed by atoms with Crippen LogP contribution in [0.3, 0.4) is 0 Å². The smallest absolute Gasteiger partial charge is 0.202 e. The minimum Gasteiger partial charge on any atom is -0.464 e. The molecule has 1 aliphatic heterocycles. The maximum absolute atomic E-state index is 13.3. The fourth-order valence-corrected chi connectivity index (χ4v) is 4.43. The summed E-state index contributed by atoms with van der Waals surface area (Å²) in [5.74, 6) is 0.515. The van der Waals surface area contributed by atoms with Crippen LogP contribution in [0.2, 0.25) is 0 Å². The van der Waals surface area contributed by atoms with Gasteiger partial charge in [-0.3, -0.25) is 9.59 Å². The van der Waals surface area contributed by atoms with Crippen molar-refractivity contribution in [1.82, 2.24) is 0 Å². The van der Waals surface area contributed by atoms with Crippen molar-refractivity contribution in [3.8, 4) is 5.75 Å². The molecule has 0 radical (unpaired) electrons. The minimum atomic E-state index is -0.379. The van der Waals surface area contributed by atoms with Crippen LogP contribution < -0.4 is 10.1 Å². The third kappa shape index (κ3) is 3.31. The molecule has 0 spiro atoms. The number of aryl methyl sites for hydroxylation is 1. The van der Waals surface area contributed by atoms with Gasteiger partial charge in [0.25, 0.3) is 0 Å². The second-order valence-electron chi connectivity index (χ2n) is 7.91. The Morgan fingerprint density at radius 3 is 2.48 bits per heavy atom. The second-order valence-corrected chi connectivity index (χ2v) is 7.91. The molecule has 0 saturated heterocycles. The summed E-state index contributed by atoms with van der Waals surface area (Å²) in [4.78, 5) is 26.4. The molecular weight excluding hydrogens is 390 g/mol. The van der Waals surface area contributed by atoms with Gasteiger partial charge in [-0.25, -0.2) is 0 Å². The highest BCUT2D eigenvalue weighted by Crippen LogP contribution is 2.40. The normalized spacial score (nSPS) is 19.2. The van der Waals surface area contributed by atoms with E-state index in [0.717, 1.165) is 16.9 Å². The molecule has 5 heteroatoms. The van der Waals surface area contributed by atoms with Gasteiger partial charge in [0.15, 0.2) is 11.6 Å². The summed E-state index contributed by atoms with van der Waals surface area (Å²) in [6.45, 7) is 4.52. The van der Waals surface area contributed by atoms with Crippen LogP contribution in [0.5, 0.6) is 5.75 Å². The molecule has 3 aromatic rings. The zero-order valence-corrected chi connectivity index (χ0v) is 17.5. The highest BCUT2D eigenvalue weighted by Gasteiger charge is 2.34. The van der Waals surface area contributed by atoms with E-state index >= 15 is 0 Å². The first kappa shape index (κ1) is 19.5. The molecule has 2 aliphatic rings. The topological polar surface area (TPSA) is 64.6 Å². The maximum atomic E-state index is 13.3. The Bertz CT molecular complexity index is 1200. The van der Waals surface area contributed by atoms with Crippen molar-refractivity contribution in [2.75, 3.05) is 11.9 Å². The van der Waals surface area contributed by atoms with E-state index in [4.69, 9.17) is 9.47 Å². The summed E-state index contributed by atoms with van der Waals surface area (Å²) >= 11 is 0. The third-order valence-electron chi connectivity index (χ3n) is 5.86. The number of ether oxygens (including phenoxy) is 2. The molecule has 0 bridgehead atoms. The van der Waals surface area contributed by atoms with Gasteiger partial charge in [0.1, 0.15) is 5.75 Å². The molecule has 1 heterocycles. The first-order valence-corrected chi connectivity index (χ1v) is 10.5. The number of anilines is 1. The monoisotopic (exact) mass is 413 g/mol. The van der Waals surface area contributed by atoms with E-state index in [9.17, 15) is 9.59 Å². The molecule has 5 rings (SSSR count). The van der Waals surface area contributed by atoms with Crippen molar-refractivity contribution in [2.24, 2.45) is 0 Å². The van der Waals surface area contributed by atoms with E-state index in [1.807, 2.05) is 38.1 Å². The van der Waals surface area contributed by atoms with Crippen molar-refractivity contribution in [3.63, 3.8) is 0 Å². The number of hydrogen-bond donors (Lipinski definition) is 1. The molecule has 31 heavy (non-hydrogen) atoms. The number of ketones is 2. The summed E-state index contributed by atoms with van der Waals surface area (Å²) in [6.07, 6.45) is 0.211. The molecule has 3 aromatic carbocycles. The van der Waals surface area contributed by atoms with Crippen LogP contribution in [-0.2, 0) is 4.74 Å². The Balaban J connectivity index is 1.57. The lowest BCUT2D eigenvalue weighted by Crippen LogP contribution is -2.32. The third-order valence-corrected chi connectivity index (χ3v) is 5.86. The molecule has 2 atom stereocenters. The lowest BCUT2D eigenvalue weighted by atomic mass is 9.83. The van der Waals surface area contributed by atoms with E-state index in [0.29, 0.717) is 41.0 Å². The van der Waals surface area contributed by atoms with Crippen LogP contribution in [0.4, 0.5) is 5.69 Å². The minimum absolute atomic E-state index is 0.119. The first-order valence-electron chi connectivity index (χ1n) is 10.5. The Hall–Kier alpha value is -3.44. The molecule has 1 aliphatic carbocycles. The molecule has 1 N–H and O–H groups in total. The standard InChI is InChI=1S/C26H23NO4/c1-3-30-23-14-21(19-13-15(2)11-12-22(19)31-23)27-20-10-6-9-18-24(20)26(29)17-8-5-4-7-16(17)25(18)28/h4-13,21,23,27H,3,14H2,1-2H3/t21-,23-/m0/s1. The Kier molecular flexibility index (Phi) is 4.83. The summed E-state index contributed by atoms with van der Waals surface area (Å²) in [5.41, 5.74) is 4.57. The van der Waals surface area contributed by atoms with Gasteiger partial charge >= 0.3 is 0 Å². The van der Waals surface area contributed by atoms with Crippen molar-refractivity contribution in [1.29, 1.82) is 0 Å². The lowest BCUT2D eigenvalue weighted by Gasteiger charge is -2.34. The number of nitrogens with one attached hydrogen (secondary N) is 1. The fraction of sp³-hybridized carbons (Fsp3) is 0.231. The zero-order valence-electron chi connectivity index (χ0n) is 17.5. The van der Waals surface area contributed by atoms with Gasteiger partial charge in [-0.15, -0.1) is 0 Å². The summed E-state index contributed by atoms with van der Waals surface area (Å²) in [6, 6.07) is 18.3. The average Bonchev–Trinajstić information content (AvgIpc) is 2.78. The maximum Gasteiger partial charge on any atom is 0.202 e. The van der Waals surface area contributed by atoms with Crippen LogP contribution in [0.15, 0.2) is 60.7 Å². The SMILES string of the molecule is CCO[C@@H]1C[C@H](Nc2cccc3c2C(=O)c2ccccc2C3=O)c2cc(C)ccc2O1. The van der Waals surface area contributed by atoms with Crippen LogP contribution in [0.1, 0.15) is 62.4 Å². The highest BCUT2D eigenvalue weighted by atomic mass is 16.7. The van der Waals surface area contributed by atoms with Gasteiger partial charge in [0.2, 0.25) is 6.29 Å². The van der Waals surface area contributed by atoms with E-state index in [2.05, 4.69) is 11.4 Å². The number of hydrogen-bond acceptors (Lipinski definition) is 5.